The maximum absolute atomic E-state index is 13.9. The Morgan fingerprint density at radius 2 is 2.05 bits per heavy atom. The molecule has 0 N–H and O–H groups in total. The van der Waals surface area contributed by atoms with Gasteiger partial charge in [-0.05, 0) is 23.8 Å². The van der Waals surface area contributed by atoms with E-state index in [9.17, 15) is 13.6 Å². The first-order chi connectivity index (χ1) is 10.3. The number of hydrogen-bond acceptors (Lipinski definition) is 1. The van der Waals surface area contributed by atoms with Crippen molar-refractivity contribution < 1.29 is 16.3 Å². The Morgan fingerprint density at radius 3 is 2.75 bits per heavy atom. The number of hydrogen-bond donors (Lipinski definition) is 0. The molecule has 1 aliphatic heterocycles. The van der Waals surface area contributed by atoms with Crippen LogP contribution in [0.15, 0.2) is 40.9 Å². The highest BCUT2D eigenvalue weighted by Gasteiger charge is 2.30. The third-order valence-corrected chi connectivity index (χ3v) is 3.56. The van der Waals surface area contributed by atoms with Crippen LogP contribution < -0.4 is 0 Å². The van der Waals surface area contributed by atoms with Crippen molar-refractivity contribution in [2.75, 3.05) is 0 Å². The van der Waals surface area contributed by atoms with E-state index >= 15 is 0 Å². The summed E-state index contributed by atoms with van der Waals surface area (Å²) in [7, 11) is 0. The van der Waals surface area contributed by atoms with E-state index in [2.05, 4.69) is 15.9 Å². The standard InChI is InChI=1S/C15H10BrF2NO/c16-11-5-4-9(13(18)6-11)7-19-8-10-2-1-3-12(17)14(10)15(19)20/h1-6H,7-8H2/i8D2. The van der Waals surface area contributed by atoms with Gasteiger partial charge in [-0.1, -0.05) is 34.1 Å². The highest BCUT2D eigenvalue weighted by Crippen LogP contribution is 2.27. The molecule has 0 unspecified atom stereocenters. The molecule has 0 saturated heterocycles. The minimum absolute atomic E-state index is 0.0324. The van der Waals surface area contributed by atoms with E-state index in [4.69, 9.17) is 2.74 Å². The predicted molar refractivity (Wildman–Crippen MR) is 74.1 cm³/mol. The monoisotopic (exact) mass is 339 g/mol. The van der Waals surface area contributed by atoms with Crippen LogP contribution in [0.1, 0.15) is 24.2 Å². The van der Waals surface area contributed by atoms with Crippen molar-refractivity contribution in [1.29, 1.82) is 0 Å². The summed E-state index contributed by atoms with van der Waals surface area (Å²) in [6.45, 7) is -2.47. The van der Waals surface area contributed by atoms with E-state index in [1.807, 2.05) is 0 Å². The topological polar surface area (TPSA) is 20.3 Å². The number of halogens is 3. The molecule has 0 bridgehead atoms. The van der Waals surface area contributed by atoms with Crippen LogP contribution in [-0.2, 0) is 13.0 Å². The van der Waals surface area contributed by atoms with Gasteiger partial charge in [-0.15, -0.1) is 0 Å². The van der Waals surface area contributed by atoms with Gasteiger partial charge in [0.25, 0.3) is 5.91 Å². The molecule has 20 heavy (non-hydrogen) atoms. The van der Waals surface area contributed by atoms with Crippen LogP contribution in [0, 0.1) is 11.6 Å². The second-order valence-electron chi connectivity index (χ2n) is 4.40. The van der Waals surface area contributed by atoms with Crippen molar-refractivity contribution >= 4 is 21.8 Å². The summed E-state index contributed by atoms with van der Waals surface area (Å²) in [5.74, 6) is -2.11. The Kier molecular flexibility index (Phi) is 2.73. The van der Waals surface area contributed by atoms with Gasteiger partial charge >= 0.3 is 0 Å². The molecular weight excluding hydrogens is 328 g/mol. The van der Waals surface area contributed by atoms with Crippen molar-refractivity contribution in [3.63, 3.8) is 0 Å². The van der Waals surface area contributed by atoms with Crippen molar-refractivity contribution in [3.8, 4) is 0 Å². The number of rotatable bonds is 2. The molecular formula is C15H10BrF2NO. The molecule has 0 aromatic heterocycles. The number of benzene rings is 2. The lowest BCUT2D eigenvalue weighted by Gasteiger charge is -2.16. The molecule has 3 rings (SSSR count). The molecule has 102 valence electrons. The van der Waals surface area contributed by atoms with Crippen LogP contribution in [0.25, 0.3) is 0 Å². The molecule has 0 fully saturated rings. The van der Waals surface area contributed by atoms with Gasteiger partial charge in [0.1, 0.15) is 11.6 Å². The SMILES string of the molecule is [2H]C1([2H])c2cccc(F)c2C(=O)N1Cc1ccc(Br)cc1F. The highest BCUT2D eigenvalue weighted by atomic mass is 79.9. The third kappa shape index (κ3) is 2.22. The Bertz CT molecular complexity index is 782. The van der Waals surface area contributed by atoms with Crippen LogP contribution in [0.3, 0.4) is 0 Å². The average molecular weight is 340 g/mol. The van der Waals surface area contributed by atoms with Crippen LogP contribution in [-0.4, -0.2) is 10.8 Å². The Labute approximate surface area is 126 Å². The van der Waals surface area contributed by atoms with Gasteiger partial charge in [0.15, 0.2) is 0 Å². The van der Waals surface area contributed by atoms with Gasteiger partial charge in [-0.3, -0.25) is 4.79 Å². The normalized spacial score (nSPS) is 17.8. The molecule has 2 nitrogen and oxygen atoms in total. The fourth-order valence-corrected chi connectivity index (χ4v) is 2.43. The fraction of sp³-hybridized carbons (Fsp3) is 0.133. The molecule has 0 spiro atoms. The van der Waals surface area contributed by atoms with E-state index in [1.165, 1.54) is 24.3 Å². The predicted octanol–water partition coefficient (Wildman–Crippen LogP) is 3.88. The molecule has 0 radical (unpaired) electrons. The van der Waals surface area contributed by atoms with E-state index in [0.29, 0.717) is 4.47 Å². The molecule has 1 aliphatic rings. The Balaban J connectivity index is 2.03. The zero-order valence-electron chi connectivity index (χ0n) is 12.2. The van der Waals surface area contributed by atoms with Gasteiger partial charge in [0, 0.05) is 23.1 Å². The minimum atomic E-state index is -2.19. The van der Waals surface area contributed by atoms with Gasteiger partial charge in [0.05, 0.1) is 8.30 Å². The van der Waals surface area contributed by atoms with E-state index in [1.54, 1.807) is 6.07 Å². The van der Waals surface area contributed by atoms with Gasteiger partial charge < -0.3 is 4.90 Å². The van der Waals surface area contributed by atoms with Crippen molar-refractivity contribution in [1.82, 2.24) is 4.90 Å². The molecule has 1 heterocycles. The molecule has 1 amide bonds. The van der Waals surface area contributed by atoms with Crippen LogP contribution in [0.4, 0.5) is 8.78 Å². The summed E-state index contributed by atoms with van der Waals surface area (Å²) in [5, 5.41) is 0. The van der Waals surface area contributed by atoms with E-state index in [-0.39, 0.29) is 23.2 Å². The molecule has 0 aliphatic carbocycles. The summed E-state index contributed by atoms with van der Waals surface area (Å²) in [6, 6.07) is 8.12. The number of carbonyl (C=O) groups is 1. The average Bonchev–Trinajstić information content (AvgIpc) is 2.63. The second kappa shape index (κ2) is 4.98. The maximum atomic E-state index is 13.9. The zero-order chi connectivity index (χ0) is 16.1. The van der Waals surface area contributed by atoms with Crippen molar-refractivity contribution in [2.45, 2.75) is 13.0 Å². The molecule has 5 heteroatoms. The lowest BCUT2D eigenvalue weighted by atomic mass is 10.1. The fourth-order valence-electron chi connectivity index (χ4n) is 2.10. The number of amides is 1. The molecule has 2 aromatic carbocycles. The summed E-state index contributed by atoms with van der Waals surface area (Å²) in [5.41, 5.74) is -0.159. The van der Waals surface area contributed by atoms with E-state index < -0.39 is 24.0 Å². The largest absolute Gasteiger partial charge is 0.330 e. The molecule has 0 saturated carbocycles. The molecule has 2 aromatic rings. The van der Waals surface area contributed by atoms with Gasteiger partial charge in [-0.2, -0.15) is 0 Å². The smallest absolute Gasteiger partial charge is 0.257 e. The first-order valence-electron chi connectivity index (χ1n) is 6.87. The second-order valence-corrected chi connectivity index (χ2v) is 5.32. The summed E-state index contributed by atoms with van der Waals surface area (Å²) in [4.78, 5) is 13.2. The van der Waals surface area contributed by atoms with Gasteiger partial charge in [-0.25, -0.2) is 8.78 Å². The van der Waals surface area contributed by atoms with Crippen LogP contribution in [0.2, 0.25) is 0 Å². The van der Waals surface area contributed by atoms with Crippen LogP contribution in [0.5, 0.6) is 0 Å². The molecule has 0 atom stereocenters. The first-order valence-corrected chi connectivity index (χ1v) is 6.66. The number of carbonyl (C=O) groups excluding carboxylic acids is 1. The summed E-state index contributed by atoms with van der Waals surface area (Å²) < 4.78 is 44.5. The Hall–Kier alpha value is -1.75. The zero-order valence-corrected chi connectivity index (χ0v) is 11.7. The lowest BCUT2D eigenvalue weighted by molar-refractivity contribution is 0.0762. The van der Waals surface area contributed by atoms with Gasteiger partial charge in [0.2, 0.25) is 0 Å². The maximum Gasteiger partial charge on any atom is 0.257 e. The van der Waals surface area contributed by atoms with Crippen LogP contribution >= 0.6 is 15.9 Å². The minimum Gasteiger partial charge on any atom is -0.330 e. The number of fused-ring (bicyclic) bond motifs is 1. The third-order valence-electron chi connectivity index (χ3n) is 3.07. The lowest BCUT2D eigenvalue weighted by Crippen LogP contribution is -2.24. The van der Waals surface area contributed by atoms with Crippen molar-refractivity contribution in [3.05, 3.63) is 69.2 Å². The van der Waals surface area contributed by atoms with E-state index in [0.717, 1.165) is 11.0 Å². The summed E-state index contributed by atoms with van der Waals surface area (Å²) >= 11 is 3.13. The van der Waals surface area contributed by atoms with Crippen molar-refractivity contribution in [2.24, 2.45) is 0 Å². The summed E-state index contributed by atoms with van der Waals surface area (Å²) in [6.07, 6.45) is 0. The quantitative estimate of drug-likeness (QED) is 0.812. The first kappa shape index (κ1) is 11.0. The highest BCUT2D eigenvalue weighted by molar-refractivity contribution is 9.10. The Morgan fingerprint density at radius 1 is 1.25 bits per heavy atom. The number of nitrogens with zero attached hydrogens (tertiary/aromatic N) is 1.